The van der Waals surface area contributed by atoms with E-state index in [1.165, 1.54) is 12.1 Å². The number of benzene rings is 1. The first-order valence-corrected chi connectivity index (χ1v) is 7.45. The normalized spacial score (nSPS) is 16.7. The van der Waals surface area contributed by atoms with Crippen LogP contribution in [0.4, 0.5) is 0 Å². The fourth-order valence-corrected chi connectivity index (χ4v) is 2.75. The minimum Gasteiger partial charge on any atom is -0.414 e. The maximum Gasteiger partial charge on any atom is 0.493 e. The molecule has 1 rings (SSSR count). The van der Waals surface area contributed by atoms with E-state index in [-0.39, 0.29) is 12.4 Å². The van der Waals surface area contributed by atoms with Crippen LogP contribution in [0, 0.1) is 0 Å². The van der Waals surface area contributed by atoms with E-state index in [0.717, 1.165) is 0 Å². The molecule has 0 aliphatic rings. The molecule has 15 heavy (non-hydrogen) atoms. The summed E-state index contributed by atoms with van der Waals surface area (Å²) in [5.41, 5.74) is 0. The van der Waals surface area contributed by atoms with Crippen molar-refractivity contribution in [2.45, 2.75) is 6.92 Å². The molecule has 0 aliphatic heterocycles. The van der Waals surface area contributed by atoms with Crippen molar-refractivity contribution in [1.82, 2.24) is 0 Å². The Morgan fingerprint density at radius 2 is 2.00 bits per heavy atom. The van der Waals surface area contributed by atoms with Crippen LogP contribution in [0.2, 0.25) is 0 Å². The summed E-state index contributed by atoms with van der Waals surface area (Å²) in [6.07, 6.45) is 0. The van der Waals surface area contributed by atoms with Crippen LogP contribution in [-0.4, -0.2) is 15.7 Å². The zero-order valence-electron chi connectivity index (χ0n) is 8.03. The van der Waals surface area contributed by atoms with E-state index >= 15 is 0 Å². The molecule has 2 atom stereocenters. The molecule has 84 valence electrons. The van der Waals surface area contributed by atoms with Gasteiger partial charge in [-0.25, -0.2) is 8.77 Å². The molecule has 0 saturated heterocycles. The van der Waals surface area contributed by atoms with Crippen LogP contribution >= 0.6 is 6.80 Å². The third kappa shape index (κ3) is 3.76. The summed E-state index contributed by atoms with van der Waals surface area (Å²) in [6.45, 7) is -2.62. The van der Waals surface area contributed by atoms with Crippen molar-refractivity contribution >= 4 is 17.5 Å². The minimum atomic E-state index is -4.27. The highest BCUT2D eigenvalue weighted by atomic mass is 32.8. The van der Waals surface area contributed by atoms with Crippen molar-refractivity contribution in [2.75, 3.05) is 6.61 Å². The van der Waals surface area contributed by atoms with Crippen molar-refractivity contribution in [3.05, 3.63) is 30.3 Å². The van der Waals surface area contributed by atoms with Gasteiger partial charge in [-0.05, 0) is 19.1 Å². The van der Waals surface area contributed by atoms with Gasteiger partial charge in [0.15, 0.2) is 0 Å². The minimum absolute atomic E-state index is 0.0787. The molecule has 0 fully saturated rings. The molecule has 0 spiro atoms. The van der Waals surface area contributed by atoms with Crippen LogP contribution in [0.25, 0.3) is 0 Å². The Morgan fingerprint density at radius 3 is 2.53 bits per heavy atom. The van der Waals surface area contributed by atoms with E-state index in [9.17, 15) is 13.7 Å². The van der Waals surface area contributed by atoms with E-state index in [1.54, 1.807) is 25.1 Å². The van der Waals surface area contributed by atoms with E-state index in [4.69, 9.17) is 4.52 Å². The smallest absolute Gasteiger partial charge is 0.414 e. The van der Waals surface area contributed by atoms with Crippen molar-refractivity contribution in [1.29, 1.82) is 0 Å². The summed E-state index contributed by atoms with van der Waals surface area (Å²) in [5.74, 6) is 0.177. The lowest BCUT2D eigenvalue weighted by Crippen LogP contribution is -2.02. The summed E-state index contributed by atoms with van der Waals surface area (Å²) in [4.78, 5) is 9.28. The molecular formula is C8H11O5PS. The second kappa shape index (κ2) is 5.42. The average Bonchev–Trinajstić information content (AvgIpc) is 2.19. The molecule has 0 aromatic heterocycles. The molecule has 0 amide bonds. The predicted octanol–water partition coefficient (Wildman–Crippen LogP) is 1.87. The van der Waals surface area contributed by atoms with Gasteiger partial charge in [0.1, 0.15) is 5.75 Å². The van der Waals surface area contributed by atoms with Crippen LogP contribution in [0.15, 0.2) is 30.3 Å². The van der Waals surface area contributed by atoms with Gasteiger partial charge in [-0.1, -0.05) is 18.2 Å². The maximum atomic E-state index is 11.4. The Morgan fingerprint density at radius 1 is 1.40 bits per heavy atom. The van der Waals surface area contributed by atoms with Crippen molar-refractivity contribution in [3.63, 3.8) is 0 Å². The molecule has 0 radical (unpaired) electrons. The number of rotatable bonds is 5. The number of para-hydroxylation sites is 1. The Balaban J connectivity index is 2.73. The van der Waals surface area contributed by atoms with Crippen molar-refractivity contribution in [3.8, 4) is 5.75 Å². The van der Waals surface area contributed by atoms with Gasteiger partial charge in [-0.2, -0.15) is 0 Å². The standard InChI is InChI=1S/C8H11O5PS/c1-2-12-15(11)14(9,10)13-8-6-4-3-5-7-8/h3-7H,2H2,1H3,(H,9,10). The third-order valence-electron chi connectivity index (χ3n) is 1.37. The second-order valence-electron chi connectivity index (χ2n) is 2.50. The van der Waals surface area contributed by atoms with Gasteiger partial charge in [0.2, 0.25) is 0 Å². The lowest BCUT2D eigenvalue weighted by molar-refractivity contribution is 0.356. The monoisotopic (exact) mass is 250 g/mol. The van der Waals surface area contributed by atoms with Gasteiger partial charge >= 0.3 is 6.80 Å². The molecule has 0 bridgehead atoms. The largest absolute Gasteiger partial charge is 0.493 e. The lowest BCUT2D eigenvalue weighted by Gasteiger charge is -2.11. The summed E-state index contributed by atoms with van der Waals surface area (Å²) in [7, 11) is -2.34. The van der Waals surface area contributed by atoms with Crippen LogP contribution in [0.5, 0.6) is 5.75 Å². The summed E-state index contributed by atoms with van der Waals surface area (Å²) < 4.78 is 31.7. The average molecular weight is 250 g/mol. The number of hydrogen-bond acceptors (Lipinski definition) is 4. The van der Waals surface area contributed by atoms with E-state index < -0.39 is 17.5 Å². The molecule has 0 saturated carbocycles. The van der Waals surface area contributed by atoms with Crippen LogP contribution < -0.4 is 4.52 Å². The molecule has 0 heterocycles. The third-order valence-corrected chi connectivity index (χ3v) is 4.30. The van der Waals surface area contributed by atoms with Gasteiger partial charge in [-0.15, -0.1) is 0 Å². The van der Waals surface area contributed by atoms with Crippen LogP contribution in [0.1, 0.15) is 6.92 Å². The zero-order chi connectivity index (χ0) is 11.3. The molecule has 5 nitrogen and oxygen atoms in total. The second-order valence-corrected chi connectivity index (χ2v) is 6.56. The van der Waals surface area contributed by atoms with Crippen molar-refractivity contribution in [2.24, 2.45) is 0 Å². The fraction of sp³-hybridized carbons (Fsp3) is 0.250. The Bertz CT molecular complexity index is 380. The fourth-order valence-electron chi connectivity index (χ4n) is 0.812. The van der Waals surface area contributed by atoms with Gasteiger partial charge in [-0.3, -0.25) is 4.18 Å². The number of hydrogen-bond donors (Lipinski definition) is 1. The Labute approximate surface area is 90.0 Å². The Kier molecular flexibility index (Phi) is 4.47. The molecule has 1 aromatic carbocycles. The van der Waals surface area contributed by atoms with E-state index in [0.29, 0.717) is 0 Å². The van der Waals surface area contributed by atoms with E-state index in [1.807, 2.05) is 0 Å². The first-order chi connectivity index (χ1) is 7.06. The van der Waals surface area contributed by atoms with Crippen LogP contribution in [-0.2, 0) is 19.4 Å². The predicted molar refractivity (Wildman–Crippen MR) is 56.7 cm³/mol. The van der Waals surface area contributed by atoms with E-state index in [2.05, 4.69) is 4.18 Å². The lowest BCUT2D eigenvalue weighted by atomic mass is 10.3. The van der Waals surface area contributed by atoms with Gasteiger partial charge < -0.3 is 9.42 Å². The molecule has 1 N–H and O–H groups in total. The summed E-state index contributed by atoms with van der Waals surface area (Å²) in [5, 5.41) is 0. The molecule has 7 heteroatoms. The van der Waals surface area contributed by atoms with Crippen molar-refractivity contribution < 1.29 is 22.4 Å². The first-order valence-electron chi connectivity index (χ1n) is 4.19. The highest BCUT2D eigenvalue weighted by Gasteiger charge is 2.31. The maximum absolute atomic E-state index is 11.4. The van der Waals surface area contributed by atoms with Gasteiger partial charge in [0, 0.05) is 0 Å². The highest BCUT2D eigenvalue weighted by Crippen LogP contribution is 2.46. The topological polar surface area (TPSA) is 72.8 Å². The SMILES string of the molecule is CCOS(=O)P(=O)(O)Oc1ccccc1. The highest BCUT2D eigenvalue weighted by molar-refractivity contribution is 8.43. The summed E-state index contributed by atoms with van der Waals surface area (Å²) >= 11 is 0. The summed E-state index contributed by atoms with van der Waals surface area (Å²) in [6, 6.07) is 7.99. The first kappa shape index (κ1) is 12.4. The quantitative estimate of drug-likeness (QED) is 0.807. The van der Waals surface area contributed by atoms with Crippen LogP contribution in [0.3, 0.4) is 0 Å². The molecule has 1 aromatic rings. The zero-order valence-corrected chi connectivity index (χ0v) is 9.74. The Hall–Kier alpha value is -0.680. The molecule has 0 aliphatic carbocycles. The molecule has 2 unspecified atom stereocenters. The van der Waals surface area contributed by atoms with Gasteiger partial charge in [0.05, 0.1) is 6.61 Å². The molecular weight excluding hydrogens is 239 g/mol. The van der Waals surface area contributed by atoms with Gasteiger partial charge in [0.25, 0.3) is 10.7 Å².